The van der Waals surface area contributed by atoms with E-state index in [0.29, 0.717) is 34.3 Å². The molecule has 1 atom stereocenters. The maximum Gasteiger partial charge on any atom is 0.338 e. The highest BCUT2D eigenvalue weighted by atomic mass is 32.1. The van der Waals surface area contributed by atoms with E-state index in [2.05, 4.69) is 39.4 Å². The Hall–Kier alpha value is -4.32. The molecule has 10 nitrogen and oxygen atoms in total. The molecule has 0 radical (unpaired) electrons. The van der Waals surface area contributed by atoms with E-state index in [9.17, 15) is 14.4 Å². The number of hydrogen-bond acceptors (Lipinski definition) is 8. The number of rotatable bonds is 13. The van der Waals surface area contributed by atoms with Gasteiger partial charge in [0.25, 0.3) is 5.91 Å². The van der Waals surface area contributed by atoms with Crippen molar-refractivity contribution < 1.29 is 23.9 Å². The summed E-state index contributed by atoms with van der Waals surface area (Å²) in [6, 6.07) is 23.4. The molecule has 2 aliphatic rings. The van der Waals surface area contributed by atoms with Gasteiger partial charge in [0.15, 0.2) is 5.11 Å². The number of hydrogen-bond donors (Lipinski definition) is 1. The van der Waals surface area contributed by atoms with Crippen LogP contribution in [0.15, 0.2) is 78.9 Å². The van der Waals surface area contributed by atoms with Crippen LogP contribution in [0.3, 0.4) is 0 Å². The molecule has 5 rings (SSSR count). The second kappa shape index (κ2) is 15.8. The predicted octanol–water partition coefficient (Wildman–Crippen LogP) is 4.41. The third-order valence-corrected chi connectivity index (χ3v) is 8.71. The summed E-state index contributed by atoms with van der Waals surface area (Å²) >= 11 is 5.85. The van der Waals surface area contributed by atoms with Crippen molar-refractivity contribution in [3.8, 4) is 5.75 Å². The van der Waals surface area contributed by atoms with Crippen molar-refractivity contribution in [1.29, 1.82) is 0 Å². The number of anilines is 2. The lowest BCUT2D eigenvalue weighted by Crippen LogP contribution is -2.47. The molecule has 242 valence electrons. The van der Waals surface area contributed by atoms with E-state index >= 15 is 0 Å². The van der Waals surface area contributed by atoms with E-state index in [0.717, 1.165) is 45.7 Å². The Labute approximate surface area is 275 Å². The van der Waals surface area contributed by atoms with Crippen LogP contribution < -0.4 is 15.0 Å². The van der Waals surface area contributed by atoms with Gasteiger partial charge in [0, 0.05) is 45.0 Å². The van der Waals surface area contributed by atoms with Gasteiger partial charge in [-0.25, -0.2) is 4.79 Å². The number of carbonyl (C=O) groups excluding carboxylic acids is 3. The molecule has 3 aromatic rings. The van der Waals surface area contributed by atoms with Crippen LogP contribution in [0.1, 0.15) is 35.7 Å². The number of piperazine rings is 1. The summed E-state index contributed by atoms with van der Waals surface area (Å²) in [6.45, 7) is 8.38. The van der Waals surface area contributed by atoms with Gasteiger partial charge in [0.1, 0.15) is 11.8 Å². The van der Waals surface area contributed by atoms with Crippen molar-refractivity contribution in [2.45, 2.75) is 32.4 Å². The molecular weight excluding hydrogens is 602 g/mol. The molecule has 46 heavy (non-hydrogen) atoms. The van der Waals surface area contributed by atoms with Gasteiger partial charge in [0.05, 0.1) is 31.4 Å². The minimum absolute atomic E-state index is 0.0661. The van der Waals surface area contributed by atoms with E-state index in [4.69, 9.17) is 21.7 Å². The SMILES string of the molecule is CCOC(=O)c1ccc(NC(=O)CC2C(=O)N(c3ccc(OC)cc3)C(=S)N2CCCN2CCN(Cc3ccccc3)CC2)cc1. The number of carbonyl (C=O) groups is 3. The summed E-state index contributed by atoms with van der Waals surface area (Å²) in [6.07, 6.45) is 0.736. The summed E-state index contributed by atoms with van der Waals surface area (Å²) in [5, 5.41) is 3.25. The van der Waals surface area contributed by atoms with E-state index in [1.165, 1.54) is 10.5 Å². The van der Waals surface area contributed by atoms with Gasteiger partial charge < -0.3 is 24.6 Å². The molecule has 2 fully saturated rings. The third-order valence-electron chi connectivity index (χ3n) is 8.30. The Morgan fingerprint density at radius 3 is 2.22 bits per heavy atom. The molecule has 0 spiro atoms. The number of esters is 1. The van der Waals surface area contributed by atoms with Crippen LogP contribution in [-0.4, -0.2) is 96.6 Å². The highest BCUT2D eigenvalue weighted by Gasteiger charge is 2.44. The summed E-state index contributed by atoms with van der Waals surface area (Å²) in [5.74, 6) is -0.306. The maximum absolute atomic E-state index is 13.8. The fraction of sp³-hybridized carbons (Fsp3) is 0.371. The smallest absolute Gasteiger partial charge is 0.338 e. The van der Waals surface area contributed by atoms with Crippen LogP contribution in [0, 0.1) is 0 Å². The van der Waals surface area contributed by atoms with Gasteiger partial charge in [-0.05, 0) is 86.2 Å². The molecule has 0 saturated carbocycles. The Balaban J connectivity index is 1.21. The minimum atomic E-state index is -0.740. The van der Waals surface area contributed by atoms with Gasteiger partial charge in [-0.2, -0.15) is 0 Å². The zero-order chi connectivity index (χ0) is 32.5. The lowest BCUT2D eigenvalue weighted by atomic mass is 10.1. The van der Waals surface area contributed by atoms with Crippen molar-refractivity contribution in [1.82, 2.24) is 14.7 Å². The van der Waals surface area contributed by atoms with Crippen LogP contribution in [0.25, 0.3) is 0 Å². The van der Waals surface area contributed by atoms with Crippen molar-refractivity contribution in [2.24, 2.45) is 0 Å². The molecule has 2 saturated heterocycles. The van der Waals surface area contributed by atoms with E-state index < -0.39 is 12.0 Å². The Morgan fingerprint density at radius 1 is 0.891 bits per heavy atom. The normalized spacial score (nSPS) is 17.3. The second-order valence-electron chi connectivity index (χ2n) is 11.4. The zero-order valence-electron chi connectivity index (χ0n) is 26.4. The fourth-order valence-corrected chi connectivity index (χ4v) is 6.24. The quantitative estimate of drug-likeness (QED) is 0.215. The average molecular weight is 644 g/mol. The summed E-state index contributed by atoms with van der Waals surface area (Å²) in [7, 11) is 1.59. The first-order valence-electron chi connectivity index (χ1n) is 15.7. The van der Waals surface area contributed by atoms with Gasteiger partial charge >= 0.3 is 5.97 Å². The zero-order valence-corrected chi connectivity index (χ0v) is 27.2. The Morgan fingerprint density at radius 2 is 1.57 bits per heavy atom. The lowest BCUT2D eigenvalue weighted by molar-refractivity contribution is -0.124. The first-order chi connectivity index (χ1) is 22.4. The number of nitrogens with zero attached hydrogens (tertiary/aromatic N) is 4. The Bertz CT molecular complexity index is 1490. The molecule has 1 N–H and O–H groups in total. The van der Waals surface area contributed by atoms with Crippen LogP contribution in [0.4, 0.5) is 11.4 Å². The number of thiocarbonyl (C=S) groups is 1. The van der Waals surface area contributed by atoms with E-state index in [-0.39, 0.29) is 24.8 Å². The van der Waals surface area contributed by atoms with Crippen molar-refractivity contribution in [3.05, 3.63) is 90.0 Å². The van der Waals surface area contributed by atoms with Crippen molar-refractivity contribution in [3.63, 3.8) is 0 Å². The fourth-order valence-electron chi connectivity index (χ4n) is 5.83. The first kappa shape index (κ1) is 33.1. The molecule has 0 aromatic heterocycles. The highest BCUT2D eigenvalue weighted by molar-refractivity contribution is 7.80. The number of amides is 2. The first-order valence-corrected chi connectivity index (χ1v) is 16.1. The molecule has 0 aliphatic carbocycles. The van der Waals surface area contributed by atoms with Gasteiger partial charge in [-0.1, -0.05) is 30.3 Å². The van der Waals surface area contributed by atoms with E-state index in [1.54, 1.807) is 62.6 Å². The molecule has 2 heterocycles. The number of ether oxygens (including phenoxy) is 2. The molecular formula is C35H41N5O5S. The number of nitrogens with one attached hydrogen (secondary N) is 1. The summed E-state index contributed by atoms with van der Waals surface area (Å²) < 4.78 is 10.3. The molecule has 1 unspecified atom stereocenters. The molecule has 2 aliphatic heterocycles. The van der Waals surface area contributed by atoms with Crippen LogP contribution in [-0.2, 0) is 20.9 Å². The third kappa shape index (κ3) is 8.28. The highest BCUT2D eigenvalue weighted by Crippen LogP contribution is 2.29. The largest absolute Gasteiger partial charge is 0.497 e. The van der Waals surface area contributed by atoms with Crippen LogP contribution in [0.2, 0.25) is 0 Å². The average Bonchev–Trinajstić information content (AvgIpc) is 3.30. The Kier molecular flexibility index (Phi) is 11.4. The van der Waals surface area contributed by atoms with Crippen LogP contribution >= 0.6 is 12.2 Å². The number of methoxy groups -OCH3 is 1. The van der Waals surface area contributed by atoms with Gasteiger partial charge in [-0.15, -0.1) is 0 Å². The number of benzene rings is 3. The van der Waals surface area contributed by atoms with Gasteiger partial charge in [0.2, 0.25) is 5.91 Å². The van der Waals surface area contributed by atoms with Crippen molar-refractivity contribution in [2.75, 3.05) is 63.2 Å². The molecule has 11 heteroatoms. The lowest BCUT2D eigenvalue weighted by Gasteiger charge is -2.35. The predicted molar refractivity (Wildman–Crippen MR) is 182 cm³/mol. The monoisotopic (exact) mass is 643 g/mol. The topological polar surface area (TPSA) is 94.7 Å². The standard InChI is InChI=1S/C35H41N5O5S/c1-3-45-34(43)27-10-12-28(13-11-27)36-32(41)24-31-33(42)40(29-14-16-30(44-2)17-15-29)35(46)39(31)19-7-18-37-20-22-38(23-21-37)25-26-8-5-4-6-9-26/h4-6,8-17,31H,3,7,18-25H2,1-2H3,(H,36,41). The summed E-state index contributed by atoms with van der Waals surface area (Å²) in [4.78, 5) is 47.4. The van der Waals surface area contributed by atoms with E-state index in [1.807, 2.05) is 11.0 Å². The molecule has 2 amide bonds. The maximum atomic E-state index is 13.8. The minimum Gasteiger partial charge on any atom is -0.497 e. The molecule has 0 bridgehead atoms. The van der Waals surface area contributed by atoms with Gasteiger partial charge in [-0.3, -0.25) is 19.4 Å². The van der Waals surface area contributed by atoms with Crippen molar-refractivity contribution >= 4 is 46.5 Å². The summed E-state index contributed by atoms with van der Waals surface area (Å²) in [5.41, 5.74) is 2.88. The van der Waals surface area contributed by atoms with Crippen LogP contribution in [0.5, 0.6) is 5.75 Å². The second-order valence-corrected chi connectivity index (χ2v) is 11.7. The molecule has 3 aromatic carbocycles.